The van der Waals surface area contributed by atoms with Crippen molar-refractivity contribution in [3.63, 3.8) is 0 Å². The lowest BCUT2D eigenvalue weighted by Gasteiger charge is -2.38. The van der Waals surface area contributed by atoms with Crippen molar-refractivity contribution in [2.45, 2.75) is 38.0 Å². The van der Waals surface area contributed by atoms with Crippen molar-refractivity contribution in [3.05, 3.63) is 30.0 Å². The molecule has 2 fully saturated rings. The number of hydrogen-bond acceptors (Lipinski definition) is 4. The molecule has 0 unspecified atom stereocenters. The topological polar surface area (TPSA) is 56.6 Å². The summed E-state index contributed by atoms with van der Waals surface area (Å²) in [6, 6.07) is 7.95. The van der Waals surface area contributed by atoms with Gasteiger partial charge in [0.15, 0.2) is 5.69 Å². The van der Waals surface area contributed by atoms with Crippen LogP contribution in [0.3, 0.4) is 0 Å². The van der Waals surface area contributed by atoms with E-state index in [2.05, 4.69) is 5.10 Å². The number of morpholine rings is 1. The van der Waals surface area contributed by atoms with Crippen LogP contribution in [0.5, 0.6) is 0 Å². The van der Waals surface area contributed by atoms with Gasteiger partial charge in [-0.1, -0.05) is 18.2 Å². The van der Waals surface area contributed by atoms with E-state index in [0.717, 1.165) is 23.7 Å². The van der Waals surface area contributed by atoms with Crippen molar-refractivity contribution in [2.24, 2.45) is 7.05 Å². The monoisotopic (exact) mass is 329 g/mol. The molecule has 1 aliphatic heterocycles. The molecule has 2 heterocycles. The Labute approximate surface area is 141 Å². The molecule has 6 nitrogen and oxygen atoms in total. The first-order valence-electron chi connectivity index (χ1n) is 8.66. The first kappa shape index (κ1) is 15.6. The van der Waals surface area contributed by atoms with Crippen LogP contribution in [0, 0.1) is 0 Å². The van der Waals surface area contributed by atoms with Crippen molar-refractivity contribution in [2.75, 3.05) is 19.8 Å². The third kappa shape index (κ3) is 2.41. The van der Waals surface area contributed by atoms with Gasteiger partial charge in [-0.2, -0.15) is 5.10 Å². The summed E-state index contributed by atoms with van der Waals surface area (Å²) in [5.74, 6) is 0.00208. The average Bonchev–Trinajstić information content (AvgIpc) is 3.17. The smallest absolute Gasteiger partial charge is 0.275 e. The molecule has 0 N–H and O–H groups in total. The van der Waals surface area contributed by atoms with Gasteiger partial charge in [0.05, 0.1) is 24.3 Å². The van der Waals surface area contributed by atoms with Gasteiger partial charge in [0, 0.05) is 25.6 Å². The number of amides is 1. The van der Waals surface area contributed by atoms with Gasteiger partial charge >= 0.3 is 0 Å². The second-order valence-electron chi connectivity index (χ2n) is 6.46. The van der Waals surface area contributed by atoms with Gasteiger partial charge in [0.1, 0.15) is 6.10 Å². The van der Waals surface area contributed by atoms with Crippen LogP contribution in [0.1, 0.15) is 30.3 Å². The molecular weight excluding hydrogens is 306 g/mol. The molecule has 1 saturated heterocycles. The molecule has 6 heteroatoms. The summed E-state index contributed by atoms with van der Waals surface area (Å²) in [5, 5.41) is 5.40. The van der Waals surface area contributed by atoms with Crippen LogP contribution in [-0.2, 0) is 16.5 Å². The summed E-state index contributed by atoms with van der Waals surface area (Å²) in [6.07, 6.45) is 1.94. The maximum atomic E-state index is 13.2. The minimum atomic E-state index is -0.0161. The molecule has 0 bridgehead atoms. The van der Waals surface area contributed by atoms with Crippen molar-refractivity contribution < 1.29 is 14.3 Å². The van der Waals surface area contributed by atoms with Crippen LogP contribution < -0.4 is 0 Å². The standard InChI is InChI=1S/C18H23N3O3/c1-3-23-15-9-8-14-17(15)24-11-10-21(14)18(22)16-12-6-4-5-7-13(12)20(2)19-16/h4-7,14-15,17H,3,8-11H2,1-2H3/t14-,15-,17+/m1/s1. The zero-order valence-corrected chi connectivity index (χ0v) is 14.1. The second-order valence-corrected chi connectivity index (χ2v) is 6.46. The van der Waals surface area contributed by atoms with Crippen LogP contribution in [0.4, 0.5) is 0 Å². The van der Waals surface area contributed by atoms with Crippen molar-refractivity contribution in [1.82, 2.24) is 14.7 Å². The summed E-state index contributed by atoms with van der Waals surface area (Å²) >= 11 is 0. The van der Waals surface area contributed by atoms with Gasteiger partial charge < -0.3 is 14.4 Å². The largest absolute Gasteiger partial charge is 0.376 e. The number of benzene rings is 1. The highest BCUT2D eigenvalue weighted by Crippen LogP contribution is 2.33. The average molecular weight is 329 g/mol. The molecule has 0 spiro atoms. The van der Waals surface area contributed by atoms with Gasteiger partial charge in [0.2, 0.25) is 0 Å². The highest BCUT2D eigenvalue weighted by molar-refractivity contribution is 6.05. The Bertz CT molecular complexity index is 757. The quantitative estimate of drug-likeness (QED) is 0.864. The summed E-state index contributed by atoms with van der Waals surface area (Å²) in [6.45, 7) is 3.85. The zero-order valence-electron chi connectivity index (χ0n) is 14.1. The Morgan fingerprint density at radius 3 is 3.04 bits per heavy atom. The van der Waals surface area contributed by atoms with E-state index in [9.17, 15) is 4.79 Å². The number of nitrogens with zero attached hydrogens (tertiary/aromatic N) is 3. The molecular formula is C18H23N3O3. The second kappa shape index (κ2) is 6.18. The Morgan fingerprint density at radius 1 is 1.38 bits per heavy atom. The molecule has 0 radical (unpaired) electrons. The summed E-state index contributed by atoms with van der Waals surface area (Å²) in [5.41, 5.74) is 1.51. The Morgan fingerprint density at radius 2 is 2.21 bits per heavy atom. The number of para-hydroxylation sites is 1. The molecule has 3 atom stereocenters. The Balaban J connectivity index is 1.64. The first-order valence-corrected chi connectivity index (χ1v) is 8.66. The number of hydrogen-bond donors (Lipinski definition) is 0. The predicted molar refractivity (Wildman–Crippen MR) is 89.9 cm³/mol. The van der Waals surface area contributed by atoms with Crippen LogP contribution in [0.2, 0.25) is 0 Å². The summed E-state index contributed by atoms with van der Waals surface area (Å²) < 4.78 is 13.5. The molecule has 1 aromatic heterocycles. The summed E-state index contributed by atoms with van der Waals surface area (Å²) in [7, 11) is 1.88. The predicted octanol–water partition coefficient (Wildman–Crippen LogP) is 1.98. The highest BCUT2D eigenvalue weighted by atomic mass is 16.5. The normalized spacial score (nSPS) is 26.8. The Hall–Kier alpha value is -1.92. The lowest BCUT2D eigenvalue weighted by atomic mass is 10.1. The van der Waals surface area contributed by atoms with E-state index in [0.29, 0.717) is 25.5 Å². The molecule has 128 valence electrons. The number of carbonyl (C=O) groups is 1. The molecule has 1 saturated carbocycles. The number of ether oxygens (including phenoxy) is 2. The molecule has 1 amide bonds. The molecule has 2 aliphatic rings. The third-order valence-electron chi connectivity index (χ3n) is 5.14. The zero-order chi connectivity index (χ0) is 16.7. The van der Waals surface area contributed by atoms with Gasteiger partial charge in [-0.3, -0.25) is 9.48 Å². The van der Waals surface area contributed by atoms with E-state index in [1.807, 2.05) is 43.1 Å². The first-order chi connectivity index (χ1) is 11.7. The van der Waals surface area contributed by atoms with Gasteiger partial charge in [-0.25, -0.2) is 0 Å². The number of aromatic nitrogens is 2. The third-order valence-corrected chi connectivity index (χ3v) is 5.14. The maximum absolute atomic E-state index is 13.2. The SMILES string of the molecule is CCO[C@@H]1CC[C@@H]2[C@@H]1OCCN2C(=O)c1nn(C)c2ccccc12. The number of rotatable bonds is 3. The molecule has 4 rings (SSSR count). The van der Waals surface area contributed by atoms with Crippen LogP contribution >= 0.6 is 0 Å². The van der Waals surface area contributed by atoms with Crippen molar-refractivity contribution in [3.8, 4) is 0 Å². The van der Waals surface area contributed by atoms with Crippen LogP contribution in [0.15, 0.2) is 24.3 Å². The summed E-state index contributed by atoms with van der Waals surface area (Å²) in [4.78, 5) is 15.1. The molecule has 2 aromatic rings. The highest BCUT2D eigenvalue weighted by Gasteiger charge is 2.45. The number of fused-ring (bicyclic) bond motifs is 2. The van der Waals surface area contributed by atoms with Crippen molar-refractivity contribution in [1.29, 1.82) is 0 Å². The fourth-order valence-electron chi connectivity index (χ4n) is 4.07. The lowest BCUT2D eigenvalue weighted by molar-refractivity contribution is -0.102. The minimum Gasteiger partial charge on any atom is -0.376 e. The van der Waals surface area contributed by atoms with Gasteiger partial charge in [0.25, 0.3) is 5.91 Å². The van der Waals surface area contributed by atoms with E-state index in [-0.39, 0.29) is 24.2 Å². The minimum absolute atomic E-state index is 0.00208. The van der Waals surface area contributed by atoms with Gasteiger partial charge in [-0.05, 0) is 25.8 Å². The van der Waals surface area contributed by atoms with E-state index in [1.54, 1.807) is 4.68 Å². The number of carbonyl (C=O) groups excluding carboxylic acids is 1. The molecule has 1 aromatic carbocycles. The van der Waals surface area contributed by atoms with E-state index in [4.69, 9.17) is 9.47 Å². The Kier molecular flexibility index (Phi) is 4.02. The van der Waals surface area contributed by atoms with E-state index >= 15 is 0 Å². The molecule has 1 aliphatic carbocycles. The lowest BCUT2D eigenvalue weighted by Crippen LogP contribution is -2.54. The van der Waals surface area contributed by atoms with Crippen LogP contribution in [-0.4, -0.2) is 58.6 Å². The van der Waals surface area contributed by atoms with Crippen molar-refractivity contribution >= 4 is 16.8 Å². The fraction of sp³-hybridized carbons (Fsp3) is 0.556. The van der Waals surface area contributed by atoms with Crippen LogP contribution in [0.25, 0.3) is 10.9 Å². The van der Waals surface area contributed by atoms with E-state index in [1.165, 1.54) is 0 Å². The molecule has 24 heavy (non-hydrogen) atoms. The number of aryl methyl sites for hydroxylation is 1. The fourth-order valence-corrected chi connectivity index (χ4v) is 4.07. The van der Waals surface area contributed by atoms with E-state index < -0.39 is 0 Å². The van der Waals surface area contributed by atoms with Gasteiger partial charge in [-0.15, -0.1) is 0 Å². The maximum Gasteiger partial charge on any atom is 0.275 e.